The highest BCUT2D eigenvalue weighted by atomic mass is 16.5. The molecular formula is C15H22N2O2. The zero-order valence-electron chi connectivity index (χ0n) is 11.8. The van der Waals surface area contributed by atoms with Gasteiger partial charge in [-0.15, -0.1) is 0 Å². The molecule has 0 atom stereocenters. The molecule has 0 aromatic heterocycles. The molecule has 0 aliphatic carbocycles. The lowest BCUT2D eigenvalue weighted by Crippen LogP contribution is -2.34. The Kier molecular flexibility index (Phi) is 5.93. The summed E-state index contributed by atoms with van der Waals surface area (Å²) in [4.78, 5) is 11.5. The second-order valence-electron chi connectivity index (χ2n) is 4.85. The number of hydrogen-bond donors (Lipinski definition) is 2. The molecule has 1 aromatic carbocycles. The van der Waals surface area contributed by atoms with Crippen molar-refractivity contribution in [1.82, 2.24) is 5.32 Å². The third-order valence-electron chi connectivity index (χ3n) is 2.22. The van der Waals surface area contributed by atoms with Gasteiger partial charge in [0.15, 0.2) is 0 Å². The molecular weight excluding hydrogens is 240 g/mol. The Bertz CT molecular complexity index is 442. The van der Waals surface area contributed by atoms with E-state index in [2.05, 4.69) is 17.2 Å². The maximum atomic E-state index is 11.5. The highest BCUT2D eigenvalue weighted by Gasteiger charge is 2.03. The van der Waals surface area contributed by atoms with Crippen LogP contribution >= 0.6 is 0 Å². The third-order valence-corrected chi connectivity index (χ3v) is 2.22. The number of ether oxygens (including phenoxy) is 1. The van der Waals surface area contributed by atoms with Crippen LogP contribution in [0.2, 0.25) is 0 Å². The van der Waals surface area contributed by atoms with E-state index in [4.69, 9.17) is 4.74 Å². The van der Waals surface area contributed by atoms with Gasteiger partial charge in [0, 0.05) is 17.8 Å². The Morgan fingerprint density at radius 3 is 2.79 bits per heavy atom. The van der Waals surface area contributed by atoms with Gasteiger partial charge in [-0.05, 0) is 38.5 Å². The van der Waals surface area contributed by atoms with Crippen LogP contribution in [-0.2, 0) is 4.79 Å². The van der Waals surface area contributed by atoms with E-state index in [9.17, 15) is 4.79 Å². The molecule has 0 saturated carbocycles. The normalized spacial score (nSPS) is 10.1. The van der Waals surface area contributed by atoms with E-state index in [1.54, 1.807) is 0 Å². The number of nitrogens with one attached hydrogen (secondary N) is 2. The van der Waals surface area contributed by atoms with Crippen LogP contribution in [0.3, 0.4) is 0 Å². The summed E-state index contributed by atoms with van der Waals surface area (Å²) in [7, 11) is 0. The monoisotopic (exact) mass is 262 g/mol. The minimum absolute atomic E-state index is 0.0248. The summed E-state index contributed by atoms with van der Waals surface area (Å²) in [6.07, 6.45) is 0. The highest BCUT2D eigenvalue weighted by Crippen LogP contribution is 2.17. The molecule has 0 radical (unpaired) electrons. The van der Waals surface area contributed by atoms with Crippen LogP contribution in [0.4, 0.5) is 5.69 Å². The smallest absolute Gasteiger partial charge is 0.239 e. The maximum Gasteiger partial charge on any atom is 0.239 e. The second-order valence-corrected chi connectivity index (χ2v) is 4.85. The van der Waals surface area contributed by atoms with E-state index in [0.717, 1.165) is 17.0 Å². The van der Waals surface area contributed by atoms with Crippen molar-refractivity contribution < 1.29 is 9.53 Å². The van der Waals surface area contributed by atoms with Gasteiger partial charge in [0.25, 0.3) is 0 Å². The Labute approximate surface area is 114 Å². The first-order valence-electron chi connectivity index (χ1n) is 6.38. The molecule has 1 amide bonds. The van der Waals surface area contributed by atoms with Gasteiger partial charge < -0.3 is 15.4 Å². The SMILES string of the molecule is C=C(C)COc1cccc(NCC(=O)NC(C)C)c1. The predicted molar refractivity (Wildman–Crippen MR) is 78.5 cm³/mol. The molecule has 0 unspecified atom stereocenters. The summed E-state index contributed by atoms with van der Waals surface area (Å²) in [5, 5.41) is 5.89. The molecule has 19 heavy (non-hydrogen) atoms. The fourth-order valence-corrected chi connectivity index (χ4v) is 1.46. The third kappa shape index (κ3) is 6.50. The number of hydrogen-bond acceptors (Lipinski definition) is 3. The van der Waals surface area contributed by atoms with Crippen molar-refractivity contribution in [3.63, 3.8) is 0 Å². The van der Waals surface area contributed by atoms with Gasteiger partial charge in [-0.1, -0.05) is 12.6 Å². The largest absolute Gasteiger partial charge is 0.489 e. The summed E-state index contributed by atoms with van der Waals surface area (Å²) in [6, 6.07) is 7.68. The average Bonchev–Trinajstić information content (AvgIpc) is 2.34. The van der Waals surface area contributed by atoms with E-state index < -0.39 is 0 Å². The number of rotatable bonds is 7. The van der Waals surface area contributed by atoms with Crippen LogP contribution in [0.15, 0.2) is 36.4 Å². The van der Waals surface area contributed by atoms with Gasteiger partial charge in [-0.25, -0.2) is 0 Å². The molecule has 4 heteroatoms. The van der Waals surface area contributed by atoms with Crippen molar-refractivity contribution in [2.24, 2.45) is 0 Å². The lowest BCUT2D eigenvalue weighted by molar-refractivity contribution is -0.119. The van der Waals surface area contributed by atoms with Crippen molar-refractivity contribution in [3.05, 3.63) is 36.4 Å². The molecule has 0 heterocycles. The number of carbonyl (C=O) groups is 1. The minimum atomic E-state index is -0.0248. The van der Waals surface area contributed by atoms with Crippen LogP contribution in [0.1, 0.15) is 20.8 Å². The average molecular weight is 262 g/mol. The van der Waals surface area contributed by atoms with Gasteiger partial charge in [-0.3, -0.25) is 4.79 Å². The van der Waals surface area contributed by atoms with Crippen LogP contribution in [-0.4, -0.2) is 25.1 Å². The van der Waals surface area contributed by atoms with Crippen molar-refractivity contribution in [2.45, 2.75) is 26.8 Å². The van der Waals surface area contributed by atoms with Crippen molar-refractivity contribution in [3.8, 4) is 5.75 Å². The fraction of sp³-hybridized carbons (Fsp3) is 0.400. The minimum Gasteiger partial charge on any atom is -0.489 e. The first-order chi connectivity index (χ1) is 8.97. The van der Waals surface area contributed by atoms with Crippen LogP contribution in [0.5, 0.6) is 5.75 Å². The lowest BCUT2D eigenvalue weighted by atomic mass is 10.3. The van der Waals surface area contributed by atoms with Crippen molar-refractivity contribution >= 4 is 11.6 Å². The number of anilines is 1. The summed E-state index contributed by atoms with van der Waals surface area (Å²) < 4.78 is 5.54. The first-order valence-corrected chi connectivity index (χ1v) is 6.38. The van der Waals surface area contributed by atoms with E-state index in [-0.39, 0.29) is 18.5 Å². The molecule has 104 valence electrons. The lowest BCUT2D eigenvalue weighted by Gasteiger charge is -2.11. The van der Waals surface area contributed by atoms with Gasteiger partial charge in [0.1, 0.15) is 12.4 Å². The van der Waals surface area contributed by atoms with Crippen molar-refractivity contribution in [2.75, 3.05) is 18.5 Å². The van der Waals surface area contributed by atoms with Crippen LogP contribution in [0.25, 0.3) is 0 Å². The Morgan fingerprint density at radius 2 is 2.16 bits per heavy atom. The van der Waals surface area contributed by atoms with Gasteiger partial charge in [-0.2, -0.15) is 0 Å². The topological polar surface area (TPSA) is 50.4 Å². The van der Waals surface area contributed by atoms with E-state index in [1.165, 1.54) is 0 Å². The molecule has 4 nitrogen and oxygen atoms in total. The Balaban J connectivity index is 2.48. The van der Waals surface area contributed by atoms with Crippen LogP contribution < -0.4 is 15.4 Å². The Morgan fingerprint density at radius 1 is 1.42 bits per heavy atom. The molecule has 0 bridgehead atoms. The summed E-state index contributed by atoms with van der Waals surface area (Å²) in [5.41, 5.74) is 1.83. The quantitative estimate of drug-likeness (QED) is 0.743. The van der Waals surface area contributed by atoms with Crippen molar-refractivity contribution in [1.29, 1.82) is 0 Å². The molecule has 1 rings (SSSR count). The number of carbonyl (C=O) groups excluding carboxylic acids is 1. The summed E-state index contributed by atoms with van der Waals surface area (Å²) in [5.74, 6) is 0.737. The van der Waals surface area contributed by atoms with Gasteiger partial charge >= 0.3 is 0 Å². The zero-order valence-corrected chi connectivity index (χ0v) is 11.8. The first kappa shape index (κ1) is 15.1. The van der Waals surface area contributed by atoms with Gasteiger partial charge in [0.05, 0.1) is 6.54 Å². The molecule has 0 saturated heterocycles. The second kappa shape index (κ2) is 7.46. The number of amides is 1. The zero-order chi connectivity index (χ0) is 14.3. The van der Waals surface area contributed by atoms with E-state index >= 15 is 0 Å². The molecule has 0 aliphatic heterocycles. The summed E-state index contributed by atoms with van der Waals surface area (Å²) >= 11 is 0. The van der Waals surface area contributed by atoms with Gasteiger partial charge in [0.2, 0.25) is 5.91 Å². The van der Waals surface area contributed by atoms with Crippen LogP contribution in [0, 0.1) is 0 Å². The van der Waals surface area contributed by atoms with E-state index in [1.807, 2.05) is 45.0 Å². The van der Waals surface area contributed by atoms with E-state index in [0.29, 0.717) is 6.61 Å². The molecule has 2 N–H and O–H groups in total. The maximum absolute atomic E-state index is 11.5. The fourth-order valence-electron chi connectivity index (χ4n) is 1.46. The molecule has 0 aliphatic rings. The molecule has 0 spiro atoms. The summed E-state index contributed by atoms with van der Waals surface area (Å²) in [6.45, 7) is 10.3. The number of benzene rings is 1. The molecule has 0 fully saturated rings. The highest BCUT2D eigenvalue weighted by molar-refractivity contribution is 5.80. The predicted octanol–water partition coefficient (Wildman–Crippen LogP) is 2.58. The molecule has 1 aromatic rings. The Hall–Kier alpha value is -1.97. The standard InChI is InChI=1S/C15H22N2O2/c1-11(2)10-19-14-7-5-6-13(8-14)16-9-15(18)17-12(3)4/h5-8,12,16H,1,9-10H2,2-4H3,(H,17,18).